The molecule has 31 heavy (non-hydrogen) atoms. The molecule has 4 amide bonds. The maximum atomic E-state index is 14.5. The fraction of sp³-hybridized carbons (Fsp3) is 0.348. The highest BCUT2D eigenvalue weighted by Crippen LogP contribution is 2.41. The Kier molecular flexibility index (Phi) is 4.64. The molecule has 1 aliphatic carbocycles. The molecule has 1 atom stereocenters. The van der Waals surface area contributed by atoms with E-state index in [1.165, 1.54) is 6.07 Å². The summed E-state index contributed by atoms with van der Waals surface area (Å²) in [5, 5.41) is 5.39. The molecular formula is C23H23FN4O3. The van der Waals surface area contributed by atoms with E-state index in [1.807, 2.05) is 29.2 Å². The summed E-state index contributed by atoms with van der Waals surface area (Å²) >= 11 is 0. The van der Waals surface area contributed by atoms with Crippen LogP contribution in [-0.2, 0) is 21.5 Å². The molecule has 2 aliphatic heterocycles. The first-order chi connectivity index (χ1) is 15.0. The fourth-order valence-electron chi connectivity index (χ4n) is 4.91. The van der Waals surface area contributed by atoms with Gasteiger partial charge in [-0.25, -0.2) is 9.18 Å². The summed E-state index contributed by atoms with van der Waals surface area (Å²) < 4.78 is 14.5. The van der Waals surface area contributed by atoms with Crippen LogP contribution in [0, 0.1) is 5.82 Å². The molecule has 0 saturated carbocycles. The van der Waals surface area contributed by atoms with Crippen LogP contribution in [0.15, 0.2) is 42.5 Å². The van der Waals surface area contributed by atoms with Crippen molar-refractivity contribution in [3.05, 3.63) is 59.4 Å². The van der Waals surface area contributed by atoms with Crippen LogP contribution in [0.3, 0.4) is 0 Å². The van der Waals surface area contributed by atoms with Crippen molar-refractivity contribution in [2.45, 2.75) is 31.2 Å². The molecule has 0 radical (unpaired) electrons. The zero-order valence-electron chi connectivity index (χ0n) is 17.0. The Bertz CT molecular complexity index is 1080. The lowest BCUT2D eigenvalue weighted by Crippen LogP contribution is -2.43. The van der Waals surface area contributed by atoms with Gasteiger partial charge in [0.25, 0.3) is 5.91 Å². The highest BCUT2D eigenvalue weighted by molar-refractivity contribution is 6.11. The number of amides is 4. The van der Waals surface area contributed by atoms with Crippen molar-refractivity contribution in [3.8, 4) is 0 Å². The average molecular weight is 422 g/mol. The summed E-state index contributed by atoms with van der Waals surface area (Å²) in [7, 11) is 0. The Hall–Kier alpha value is -3.42. The number of carbonyl (C=O) groups is 3. The number of nitrogens with one attached hydrogen (secondary N) is 2. The number of carbonyl (C=O) groups excluding carboxylic acids is 3. The Morgan fingerprint density at radius 3 is 2.68 bits per heavy atom. The summed E-state index contributed by atoms with van der Waals surface area (Å²) in [5.74, 6) is -1.60. The first kappa shape index (κ1) is 19.5. The Labute approximate surface area is 179 Å². The number of urea groups is 1. The molecule has 8 heteroatoms. The predicted octanol–water partition coefficient (Wildman–Crippen LogP) is 2.76. The van der Waals surface area contributed by atoms with Crippen molar-refractivity contribution in [2.24, 2.45) is 0 Å². The van der Waals surface area contributed by atoms with Crippen LogP contribution < -0.4 is 15.5 Å². The van der Waals surface area contributed by atoms with E-state index in [0.717, 1.165) is 42.0 Å². The number of anilines is 2. The molecular weight excluding hydrogens is 399 g/mol. The first-order valence-corrected chi connectivity index (χ1v) is 10.6. The molecule has 2 aromatic rings. The largest absolute Gasteiger partial charge is 0.370 e. The summed E-state index contributed by atoms with van der Waals surface area (Å²) in [6.45, 7) is 1.12. The number of aryl methyl sites for hydroxylation is 1. The Morgan fingerprint density at radius 1 is 1.10 bits per heavy atom. The third-order valence-corrected chi connectivity index (χ3v) is 6.43. The standard InChI is InChI=1S/C23H23FN4O3/c24-17-8-5-9-18(27-12-3-4-13-27)20(17)25-19(29)14-28-21(30)23(26-22(28)31)11-10-15-6-1-2-7-16(15)23/h1-2,5-9H,3-4,10-14H2,(H,25,29)(H,26,31). The normalized spacial score (nSPS) is 22.2. The molecule has 1 spiro atoms. The van der Waals surface area contributed by atoms with Gasteiger partial charge >= 0.3 is 6.03 Å². The molecule has 2 N–H and O–H groups in total. The number of para-hydroxylation sites is 1. The van der Waals surface area contributed by atoms with E-state index in [1.54, 1.807) is 12.1 Å². The van der Waals surface area contributed by atoms with E-state index < -0.39 is 35.7 Å². The number of halogens is 1. The second-order valence-corrected chi connectivity index (χ2v) is 8.26. The lowest BCUT2D eigenvalue weighted by molar-refractivity contribution is -0.134. The summed E-state index contributed by atoms with van der Waals surface area (Å²) in [4.78, 5) is 41.5. The third kappa shape index (κ3) is 3.13. The van der Waals surface area contributed by atoms with E-state index in [0.29, 0.717) is 18.5 Å². The maximum absolute atomic E-state index is 14.5. The van der Waals surface area contributed by atoms with Crippen LogP contribution in [-0.4, -0.2) is 42.4 Å². The number of imide groups is 1. The second-order valence-electron chi connectivity index (χ2n) is 8.26. The monoisotopic (exact) mass is 422 g/mol. The predicted molar refractivity (Wildman–Crippen MR) is 113 cm³/mol. The zero-order chi connectivity index (χ0) is 21.6. The molecule has 5 rings (SSSR count). The topological polar surface area (TPSA) is 81.8 Å². The average Bonchev–Trinajstić information content (AvgIpc) is 3.47. The number of rotatable bonds is 4. The summed E-state index contributed by atoms with van der Waals surface area (Å²) in [5.41, 5.74) is 1.38. The van der Waals surface area contributed by atoms with E-state index >= 15 is 0 Å². The number of nitrogens with zero attached hydrogens (tertiary/aromatic N) is 2. The van der Waals surface area contributed by atoms with Crippen molar-refractivity contribution in [1.29, 1.82) is 0 Å². The zero-order valence-corrected chi connectivity index (χ0v) is 17.0. The molecule has 2 saturated heterocycles. The van der Waals surface area contributed by atoms with Crippen molar-refractivity contribution in [3.63, 3.8) is 0 Å². The Balaban J connectivity index is 1.35. The van der Waals surface area contributed by atoms with Crippen molar-refractivity contribution in [1.82, 2.24) is 10.2 Å². The van der Waals surface area contributed by atoms with Gasteiger partial charge < -0.3 is 15.5 Å². The van der Waals surface area contributed by atoms with Gasteiger partial charge in [0.1, 0.15) is 23.6 Å². The van der Waals surface area contributed by atoms with Gasteiger partial charge in [-0.05, 0) is 48.9 Å². The number of hydrogen-bond acceptors (Lipinski definition) is 4. The van der Waals surface area contributed by atoms with Crippen LogP contribution in [0.1, 0.15) is 30.4 Å². The Morgan fingerprint density at radius 2 is 1.87 bits per heavy atom. The minimum atomic E-state index is -1.12. The molecule has 3 aliphatic rings. The molecule has 7 nitrogen and oxygen atoms in total. The minimum absolute atomic E-state index is 0.0855. The van der Waals surface area contributed by atoms with Gasteiger partial charge in [-0.15, -0.1) is 0 Å². The van der Waals surface area contributed by atoms with E-state index in [-0.39, 0.29) is 5.69 Å². The summed E-state index contributed by atoms with van der Waals surface area (Å²) in [6, 6.07) is 11.6. The lowest BCUT2D eigenvalue weighted by atomic mass is 9.92. The molecule has 2 fully saturated rings. The van der Waals surface area contributed by atoms with Gasteiger partial charge in [0.05, 0.1) is 5.69 Å². The van der Waals surface area contributed by atoms with Gasteiger partial charge in [-0.2, -0.15) is 0 Å². The highest BCUT2D eigenvalue weighted by atomic mass is 19.1. The SMILES string of the molecule is O=C(CN1C(=O)NC2(CCc3ccccc32)C1=O)Nc1c(F)cccc1N1CCCC1. The highest BCUT2D eigenvalue weighted by Gasteiger charge is 2.55. The van der Waals surface area contributed by atoms with Crippen LogP contribution in [0.2, 0.25) is 0 Å². The smallest absolute Gasteiger partial charge is 0.325 e. The van der Waals surface area contributed by atoms with Gasteiger partial charge in [0.2, 0.25) is 5.91 Å². The fourth-order valence-corrected chi connectivity index (χ4v) is 4.91. The van der Waals surface area contributed by atoms with Crippen molar-refractivity contribution < 1.29 is 18.8 Å². The first-order valence-electron chi connectivity index (χ1n) is 10.6. The van der Waals surface area contributed by atoms with Gasteiger partial charge in [-0.1, -0.05) is 30.3 Å². The van der Waals surface area contributed by atoms with E-state index in [4.69, 9.17) is 0 Å². The van der Waals surface area contributed by atoms with Gasteiger partial charge in [-0.3, -0.25) is 14.5 Å². The third-order valence-electron chi connectivity index (χ3n) is 6.43. The van der Waals surface area contributed by atoms with Crippen LogP contribution in [0.25, 0.3) is 0 Å². The quantitative estimate of drug-likeness (QED) is 0.743. The molecule has 1 unspecified atom stereocenters. The lowest BCUT2D eigenvalue weighted by Gasteiger charge is -2.23. The number of hydrogen-bond donors (Lipinski definition) is 2. The molecule has 0 aromatic heterocycles. The van der Waals surface area contributed by atoms with Crippen LogP contribution in [0.4, 0.5) is 20.6 Å². The van der Waals surface area contributed by atoms with Gasteiger partial charge in [0.15, 0.2) is 0 Å². The molecule has 160 valence electrons. The number of benzene rings is 2. The summed E-state index contributed by atoms with van der Waals surface area (Å²) in [6.07, 6.45) is 3.16. The van der Waals surface area contributed by atoms with Crippen LogP contribution >= 0.6 is 0 Å². The molecule has 2 aromatic carbocycles. The maximum Gasteiger partial charge on any atom is 0.325 e. The van der Waals surface area contributed by atoms with E-state index in [2.05, 4.69) is 10.6 Å². The number of fused-ring (bicyclic) bond motifs is 2. The van der Waals surface area contributed by atoms with Crippen LogP contribution in [0.5, 0.6) is 0 Å². The van der Waals surface area contributed by atoms with Crippen molar-refractivity contribution in [2.75, 3.05) is 29.9 Å². The van der Waals surface area contributed by atoms with E-state index in [9.17, 15) is 18.8 Å². The molecule has 0 bridgehead atoms. The van der Waals surface area contributed by atoms with Gasteiger partial charge in [0, 0.05) is 13.1 Å². The minimum Gasteiger partial charge on any atom is -0.370 e. The second kappa shape index (κ2) is 7.37. The van der Waals surface area contributed by atoms with Crippen molar-refractivity contribution >= 4 is 29.2 Å². The molecule has 2 heterocycles.